The largest absolute Gasteiger partial charge is 0.443 e. The van der Waals surface area contributed by atoms with Gasteiger partial charge in [-0.15, -0.1) is 11.8 Å². The molecule has 1 aromatic heterocycles. The number of benzene rings is 1. The number of thioether (sulfide) groups is 1. The van der Waals surface area contributed by atoms with Crippen LogP contribution in [0.3, 0.4) is 0 Å². The molecular weight excluding hydrogens is 432 g/mol. The van der Waals surface area contributed by atoms with Crippen molar-refractivity contribution < 1.29 is 19.1 Å². The normalized spacial score (nSPS) is 13.1. The van der Waals surface area contributed by atoms with Gasteiger partial charge >= 0.3 is 6.09 Å². The van der Waals surface area contributed by atoms with Crippen LogP contribution in [0.2, 0.25) is 0 Å². The summed E-state index contributed by atoms with van der Waals surface area (Å²) in [5.74, 6) is 6.00. The number of likely N-dealkylation sites (N-methyl/N-ethyl adjacent to an activating group) is 1. The Morgan fingerprint density at radius 1 is 1.28 bits per heavy atom. The number of nitrogens with zero attached hydrogens (tertiary/aromatic N) is 3. The molecule has 0 aliphatic carbocycles. The molecule has 2 rings (SSSR count). The monoisotopic (exact) mass is 460 g/mol. The van der Waals surface area contributed by atoms with Crippen molar-refractivity contribution in [1.29, 1.82) is 5.41 Å². The summed E-state index contributed by atoms with van der Waals surface area (Å²) in [6.45, 7) is 1.78. The third kappa shape index (κ3) is 7.52. The lowest BCUT2D eigenvalue weighted by atomic mass is 10.1. The zero-order valence-electron chi connectivity index (χ0n) is 18.4. The smallest absolute Gasteiger partial charge is 0.413 e. The van der Waals surface area contributed by atoms with E-state index in [9.17, 15) is 4.79 Å². The van der Waals surface area contributed by atoms with Crippen LogP contribution in [-0.4, -0.2) is 59.6 Å². The lowest BCUT2D eigenvalue weighted by Gasteiger charge is -2.20. The van der Waals surface area contributed by atoms with E-state index in [-0.39, 0.29) is 23.6 Å². The van der Waals surface area contributed by atoms with Gasteiger partial charge < -0.3 is 14.3 Å². The maximum absolute atomic E-state index is 12.1. The first-order chi connectivity index (χ1) is 15.3. The number of hydrogen-bond acceptors (Lipinski definition) is 9. The number of amidine groups is 1. The average molecular weight is 461 g/mol. The van der Waals surface area contributed by atoms with Gasteiger partial charge in [0, 0.05) is 19.7 Å². The molecule has 32 heavy (non-hydrogen) atoms. The van der Waals surface area contributed by atoms with E-state index in [2.05, 4.69) is 15.5 Å². The van der Waals surface area contributed by atoms with Crippen molar-refractivity contribution in [1.82, 2.24) is 9.99 Å². The lowest BCUT2D eigenvalue weighted by Crippen LogP contribution is -2.38. The highest BCUT2D eigenvalue weighted by Gasteiger charge is 2.20. The number of anilines is 1. The lowest BCUT2D eigenvalue weighted by molar-refractivity contribution is 0.0382. The van der Waals surface area contributed by atoms with E-state index in [4.69, 9.17) is 25.6 Å². The van der Waals surface area contributed by atoms with Crippen LogP contribution >= 0.6 is 11.8 Å². The predicted octanol–water partition coefficient (Wildman–Crippen LogP) is 3.06. The standard InChI is InChI=1S/C21H28N6O4S/c1-14(20(29-3)32-4)31-21(28)25-17-12-8-11-16(24-17)13-30-26-18(19(22)27(2)23)15-9-6-5-7-10-15/h5-12,14,20,22H,13,23H2,1-4H3,(H,24,25,28)/b22-19?,26-18-. The molecule has 0 aliphatic heterocycles. The Labute approximate surface area is 191 Å². The predicted molar refractivity (Wildman–Crippen MR) is 126 cm³/mol. The highest BCUT2D eigenvalue weighted by Crippen LogP contribution is 2.15. The first-order valence-corrected chi connectivity index (χ1v) is 11.0. The third-order valence-corrected chi connectivity index (χ3v) is 5.21. The van der Waals surface area contributed by atoms with Crippen molar-refractivity contribution in [2.24, 2.45) is 11.0 Å². The maximum Gasteiger partial charge on any atom is 0.413 e. The van der Waals surface area contributed by atoms with Crippen LogP contribution in [0.15, 0.2) is 53.7 Å². The maximum atomic E-state index is 12.1. The summed E-state index contributed by atoms with van der Waals surface area (Å²) in [6, 6.07) is 14.2. The Morgan fingerprint density at radius 2 is 2.00 bits per heavy atom. The number of carbonyl (C=O) groups is 1. The van der Waals surface area contributed by atoms with Crippen molar-refractivity contribution in [3.8, 4) is 0 Å². The number of ether oxygens (including phenoxy) is 2. The number of methoxy groups -OCH3 is 1. The summed E-state index contributed by atoms with van der Waals surface area (Å²) < 4.78 is 10.6. The van der Waals surface area contributed by atoms with Crippen LogP contribution in [0.25, 0.3) is 0 Å². The van der Waals surface area contributed by atoms with Gasteiger partial charge in [0.05, 0.1) is 5.69 Å². The molecule has 1 aromatic carbocycles. The second-order valence-electron chi connectivity index (χ2n) is 6.63. The molecule has 0 saturated heterocycles. The number of aromatic nitrogens is 1. The number of hydrogen-bond donors (Lipinski definition) is 3. The van der Waals surface area contributed by atoms with Gasteiger partial charge in [-0.2, -0.15) is 0 Å². The highest BCUT2D eigenvalue weighted by molar-refractivity contribution is 7.99. The molecule has 0 fully saturated rings. The van der Waals surface area contributed by atoms with Crippen LogP contribution in [0.5, 0.6) is 0 Å². The number of rotatable bonds is 10. The molecule has 10 nitrogen and oxygen atoms in total. The summed E-state index contributed by atoms with van der Waals surface area (Å²) in [6.07, 6.45) is 0.793. The summed E-state index contributed by atoms with van der Waals surface area (Å²) in [4.78, 5) is 21.9. The fraction of sp³-hybridized carbons (Fsp3) is 0.333. The quantitative estimate of drug-likeness (QED) is 0.162. The van der Waals surface area contributed by atoms with Gasteiger partial charge in [-0.05, 0) is 25.3 Å². The molecule has 0 aliphatic rings. The summed E-state index contributed by atoms with van der Waals surface area (Å²) in [5.41, 5.74) is 1.23. The van der Waals surface area contributed by atoms with Crippen molar-refractivity contribution in [3.05, 3.63) is 59.8 Å². The van der Waals surface area contributed by atoms with Crippen LogP contribution in [0.1, 0.15) is 18.2 Å². The van der Waals surface area contributed by atoms with Crippen molar-refractivity contribution in [3.63, 3.8) is 0 Å². The first-order valence-electron chi connectivity index (χ1n) is 9.67. The Hall–Kier alpha value is -3.15. The van der Waals surface area contributed by atoms with E-state index in [1.165, 1.54) is 11.8 Å². The van der Waals surface area contributed by atoms with Crippen molar-refractivity contribution >= 4 is 35.2 Å². The van der Waals surface area contributed by atoms with Gasteiger partial charge in [0.1, 0.15) is 17.4 Å². The van der Waals surface area contributed by atoms with Gasteiger partial charge in [0.15, 0.2) is 18.2 Å². The molecule has 0 spiro atoms. The second-order valence-corrected chi connectivity index (χ2v) is 7.56. The molecule has 0 radical (unpaired) electrons. The van der Waals surface area contributed by atoms with Crippen molar-refractivity contribution in [2.45, 2.75) is 25.1 Å². The fourth-order valence-corrected chi connectivity index (χ4v) is 3.26. The van der Waals surface area contributed by atoms with E-state index >= 15 is 0 Å². The third-order valence-electron chi connectivity index (χ3n) is 4.17. The Morgan fingerprint density at radius 3 is 2.62 bits per heavy atom. The van der Waals surface area contributed by atoms with Crippen LogP contribution in [0.4, 0.5) is 10.6 Å². The first kappa shape index (κ1) is 25.1. The average Bonchev–Trinajstić information content (AvgIpc) is 2.78. The highest BCUT2D eigenvalue weighted by atomic mass is 32.2. The van der Waals surface area contributed by atoms with Gasteiger partial charge in [0.25, 0.3) is 0 Å². The molecule has 2 atom stereocenters. The van der Waals surface area contributed by atoms with E-state index in [0.717, 1.165) is 5.01 Å². The molecule has 1 amide bonds. The fourth-order valence-electron chi connectivity index (χ4n) is 2.63. The number of pyridine rings is 1. The minimum atomic E-state index is -0.636. The topological polar surface area (TPSA) is 135 Å². The number of nitrogens with two attached hydrogens (primary N) is 1. The van der Waals surface area contributed by atoms with Crippen LogP contribution < -0.4 is 11.2 Å². The number of nitrogens with one attached hydrogen (secondary N) is 2. The van der Waals surface area contributed by atoms with Gasteiger partial charge in [-0.1, -0.05) is 41.6 Å². The number of oxime groups is 1. The Balaban J connectivity index is 2.02. The zero-order valence-corrected chi connectivity index (χ0v) is 19.3. The summed E-state index contributed by atoms with van der Waals surface area (Å²) in [5, 5.41) is 16.0. The molecule has 4 N–H and O–H groups in total. The summed E-state index contributed by atoms with van der Waals surface area (Å²) >= 11 is 1.44. The van der Waals surface area contributed by atoms with Crippen molar-refractivity contribution in [2.75, 3.05) is 25.7 Å². The Kier molecular flexibility index (Phi) is 9.92. The van der Waals surface area contributed by atoms with E-state index in [1.54, 1.807) is 51.4 Å². The van der Waals surface area contributed by atoms with Gasteiger partial charge in [0.2, 0.25) is 0 Å². The van der Waals surface area contributed by atoms with Gasteiger partial charge in [-0.25, -0.2) is 15.6 Å². The minimum absolute atomic E-state index is 0.00366. The number of hydrazine groups is 1. The molecule has 172 valence electrons. The Bertz CT molecular complexity index is 922. The van der Waals surface area contributed by atoms with E-state index < -0.39 is 12.2 Å². The number of amides is 1. The molecule has 11 heteroatoms. The molecule has 0 saturated carbocycles. The van der Waals surface area contributed by atoms with Crippen LogP contribution in [0, 0.1) is 5.41 Å². The molecule has 1 heterocycles. The SMILES string of the molecule is COC(SC)C(C)OC(=O)Nc1cccc(CO/N=C(\C(=N)N(C)N)c2ccccc2)n1. The zero-order chi connectivity index (χ0) is 23.5. The molecular formula is C21H28N6O4S. The molecule has 2 unspecified atom stereocenters. The summed E-state index contributed by atoms with van der Waals surface area (Å²) in [7, 11) is 3.11. The van der Waals surface area contributed by atoms with Crippen LogP contribution in [-0.2, 0) is 20.9 Å². The molecule has 2 aromatic rings. The minimum Gasteiger partial charge on any atom is -0.443 e. The van der Waals surface area contributed by atoms with E-state index in [1.807, 2.05) is 24.5 Å². The van der Waals surface area contributed by atoms with Gasteiger partial charge in [-0.3, -0.25) is 15.7 Å². The second kappa shape index (κ2) is 12.6. The number of carbonyl (C=O) groups excluding carboxylic acids is 1. The molecule has 0 bridgehead atoms. The van der Waals surface area contributed by atoms with E-state index in [0.29, 0.717) is 17.1 Å².